The molecule has 162 valence electrons. The van der Waals surface area contributed by atoms with Crippen LogP contribution in [0.2, 0.25) is 5.02 Å². The lowest BCUT2D eigenvalue weighted by molar-refractivity contribution is 0.0423. The minimum Gasteiger partial charge on any atom is -0.451 e. The summed E-state index contributed by atoms with van der Waals surface area (Å²) in [5.41, 5.74) is 1.96. The molecule has 2 aliphatic heterocycles. The van der Waals surface area contributed by atoms with E-state index < -0.39 is 6.10 Å². The number of furan rings is 1. The number of fused-ring (bicyclic) bond motifs is 1. The number of benzene rings is 2. The van der Waals surface area contributed by atoms with E-state index in [0.29, 0.717) is 24.4 Å². The maximum Gasteiger partial charge on any atom is 0.289 e. The van der Waals surface area contributed by atoms with Gasteiger partial charge in [-0.25, -0.2) is 0 Å². The Morgan fingerprint density at radius 2 is 1.77 bits per heavy atom. The highest BCUT2D eigenvalue weighted by molar-refractivity contribution is 6.30. The molecule has 1 amide bonds. The maximum atomic E-state index is 13.0. The second kappa shape index (κ2) is 8.63. The Hall–Kier alpha value is -2.38. The minimum absolute atomic E-state index is 0.0361. The molecule has 0 saturated carbocycles. The first-order valence-corrected chi connectivity index (χ1v) is 11.1. The summed E-state index contributed by atoms with van der Waals surface area (Å²) in [6.45, 7) is 5.38. The van der Waals surface area contributed by atoms with E-state index >= 15 is 0 Å². The van der Waals surface area contributed by atoms with Crippen molar-refractivity contribution in [3.63, 3.8) is 0 Å². The first-order chi connectivity index (χ1) is 15.1. The van der Waals surface area contributed by atoms with Crippen LogP contribution in [0.5, 0.6) is 0 Å². The van der Waals surface area contributed by atoms with Crippen molar-refractivity contribution in [3.8, 4) is 0 Å². The molecule has 0 radical (unpaired) electrons. The van der Waals surface area contributed by atoms with Crippen molar-refractivity contribution >= 4 is 28.5 Å². The van der Waals surface area contributed by atoms with Crippen molar-refractivity contribution in [3.05, 3.63) is 70.9 Å². The van der Waals surface area contributed by atoms with Crippen LogP contribution in [0.15, 0.2) is 59.0 Å². The van der Waals surface area contributed by atoms with Crippen LogP contribution in [0.4, 0.5) is 0 Å². The number of nitrogens with zero attached hydrogens (tertiary/aromatic N) is 3. The Bertz CT molecular complexity index is 1030. The third-order valence-corrected chi connectivity index (χ3v) is 6.63. The Balaban J connectivity index is 1.18. The summed E-state index contributed by atoms with van der Waals surface area (Å²) in [6.07, 6.45) is -0.545. The highest BCUT2D eigenvalue weighted by Crippen LogP contribution is 2.24. The lowest BCUT2D eigenvalue weighted by Crippen LogP contribution is -2.53. The Kier molecular flexibility index (Phi) is 5.71. The van der Waals surface area contributed by atoms with E-state index in [1.165, 1.54) is 5.56 Å². The monoisotopic (exact) mass is 439 g/mol. The predicted molar refractivity (Wildman–Crippen MR) is 120 cm³/mol. The molecule has 7 heteroatoms. The number of likely N-dealkylation sites (tertiary alicyclic amines) is 1. The van der Waals surface area contributed by atoms with Gasteiger partial charge in [-0.05, 0) is 29.8 Å². The number of hydrogen-bond donors (Lipinski definition) is 1. The molecule has 0 bridgehead atoms. The van der Waals surface area contributed by atoms with E-state index in [4.69, 9.17) is 16.0 Å². The van der Waals surface area contributed by atoms with Gasteiger partial charge in [0.15, 0.2) is 5.76 Å². The molecule has 2 saturated heterocycles. The fraction of sp³-hybridized carbons (Fsp3) is 0.375. The molecular weight excluding hydrogens is 414 g/mol. The number of rotatable bonds is 4. The van der Waals surface area contributed by atoms with Gasteiger partial charge in [-0.3, -0.25) is 14.6 Å². The first-order valence-electron chi connectivity index (χ1n) is 10.7. The summed E-state index contributed by atoms with van der Waals surface area (Å²) in [6, 6.07) is 17.3. The molecule has 2 fully saturated rings. The Morgan fingerprint density at radius 3 is 2.52 bits per heavy atom. The van der Waals surface area contributed by atoms with Crippen molar-refractivity contribution in [1.29, 1.82) is 0 Å². The molecule has 0 aliphatic carbocycles. The van der Waals surface area contributed by atoms with Gasteiger partial charge in [-0.1, -0.05) is 41.9 Å². The summed E-state index contributed by atoms with van der Waals surface area (Å²) in [5.74, 6) is 0.181. The molecule has 2 atom stereocenters. The fourth-order valence-electron chi connectivity index (χ4n) is 4.64. The molecule has 1 aromatic heterocycles. The smallest absolute Gasteiger partial charge is 0.289 e. The largest absolute Gasteiger partial charge is 0.451 e. The molecule has 0 spiro atoms. The average Bonchev–Trinajstić information content (AvgIpc) is 3.39. The van der Waals surface area contributed by atoms with Crippen molar-refractivity contribution in [1.82, 2.24) is 14.7 Å². The molecule has 2 aromatic carbocycles. The van der Waals surface area contributed by atoms with Gasteiger partial charge >= 0.3 is 0 Å². The van der Waals surface area contributed by atoms with Gasteiger partial charge in [0.25, 0.3) is 5.91 Å². The van der Waals surface area contributed by atoms with Gasteiger partial charge in [0.05, 0.1) is 12.1 Å². The maximum absolute atomic E-state index is 13.0. The fourth-order valence-corrected chi connectivity index (χ4v) is 4.76. The number of piperazine rings is 1. The summed E-state index contributed by atoms with van der Waals surface area (Å²) in [7, 11) is 0. The number of aliphatic hydroxyl groups excluding tert-OH is 1. The number of halogens is 1. The molecule has 1 N–H and O–H groups in total. The zero-order valence-corrected chi connectivity index (χ0v) is 18.0. The highest BCUT2D eigenvalue weighted by atomic mass is 35.5. The van der Waals surface area contributed by atoms with E-state index in [2.05, 4.69) is 21.9 Å². The molecule has 2 aliphatic rings. The second-order valence-corrected chi connectivity index (χ2v) is 8.87. The summed E-state index contributed by atoms with van der Waals surface area (Å²) in [4.78, 5) is 19.4. The second-order valence-electron chi connectivity index (χ2n) is 8.43. The molecule has 6 nitrogen and oxygen atoms in total. The van der Waals surface area contributed by atoms with E-state index in [1.807, 2.05) is 36.4 Å². The Labute approximate surface area is 186 Å². The summed E-state index contributed by atoms with van der Waals surface area (Å²) >= 11 is 5.98. The highest BCUT2D eigenvalue weighted by Gasteiger charge is 2.39. The first kappa shape index (κ1) is 20.5. The normalized spacial score (nSPS) is 23.0. The van der Waals surface area contributed by atoms with Crippen LogP contribution in [0.25, 0.3) is 11.0 Å². The van der Waals surface area contributed by atoms with Gasteiger partial charge in [-0.2, -0.15) is 0 Å². The molecule has 31 heavy (non-hydrogen) atoms. The van der Waals surface area contributed by atoms with Crippen LogP contribution in [-0.4, -0.2) is 77.1 Å². The lowest BCUT2D eigenvalue weighted by Gasteiger charge is -2.38. The van der Waals surface area contributed by atoms with Gasteiger partial charge < -0.3 is 14.4 Å². The number of β-amino-alcohol motifs (C(OH)–C–C–N with tert-alkyl or cyclic N) is 1. The third-order valence-electron chi connectivity index (χ3n) is 6.38. The van der Waals surface area contributed by atoms with Gasteiger partial charge in [0, 0.05) is 56.2 Å². The standard InChI is InChI=1S/C24H26ClN3O3/c25-19-7-5-17(6-8-19)14-26-9-11-27(12-10-26)20-15-28(16-21(20)29)24(30)23-13-18-3-1-2-4-22(18)31-23/h1-8,13,20-21,29H,9-12,14-16H2. The zero-order chi connectivity index (χ0) is 21.4. The number of amides is 1. The van der Waals surface area contributed by atoms with Gasteiger partial charge in [-0.15, -0.1) is 0 Å². The zero-order valence-electron chi connectivity index (χ0n) is 17.3. The van der Waals surface area contributed by atoms with Crippen LogP contribution < -0.4 is 0 Å². The summed E-state index contributed by atoms with van der Waals surface area (Å²) < 4.78 is 5.73. The molecule has 2 unspecified atom stereocenters. The minimum atomic E-state index is -0.545. The number of hydrogen-bond acceptors (Lipinski definition) is 5. The van der Waals surface area contributed by atoms with Crippen LogP contribution in [0, 0.1) is 0 Å². The quantitative estimate of drug-likeness (QED) is 0.677. The molecule has 5 rings (SSSR count). The van der Waals surface area contributed by atoms with Crippen molar-refractivity contribution in [2.24, 2.45) is 0 Å². The molecule has 3 aromatic rings. The molecule has 3 heterocycles. The number of carbonyl (C=O) groups excluding carboxylic acids is 1. The number of aliphatic hydroxyl groups is 1. The van der Waals surface area contributed by atoms with Gasteiger partial charge in [0.1, 0.15) is 5.58 Å². The van der Waals surface area contributed by atoms with Crippen LogP contribution in [-0.2, 0) is 6.54 Å². The lowest BCUT2D eigenvalue weighted by atomic mass is 10.1. The van der Waals surface area contributed by atoms with Crippen molar-refractivity contribution in [2.75, 3.05) is 39.3 Å². The summed E-state index contributed by atoms with van der Waals surface area (Å²) in [5, 5.41) is 12.4. The SMILES string of the molecule is O=C(c1cc2ccccc2o1)N1CC(O)C(N2CCN(Cc3ccc(Cl)cc3)CC2)C1. The van der Waals surface area contributed by atoms with Crippen LogP contribution in [0.3, 0.4) is 0 Å². The van der Waals surface area contributed by atoms with E-state index in [0.717, 1.165) is 43.1 Å². The van der Waals surface area contributed by atoms with Crippen molar-refractivity contribution in [2.45, 2.75) is 18.7 Å². The van der Waals surface area contributed by atoms with E-state index in [1.54, 1.807) is 11.0 Å². The van der Waals surface area contributed by atoms with Gasteiger partial charge in [0.2, 0.25) is 0 Å². The number of carbonyl (C=O) groups is 1. The van der Waals surface area contributed by atoms with Crippen LogP contribution >= 0.6 is 11.6 Å². The van der Waals surface area contributed by atoms with Crippen LogP contribution in [0.1, 0.15) is 16.1 Å². The van der Waals surface area contributed by atoms with Crippen molar-refractivity contribution < 1.29 is 14.3 Å². The molecular formula is C24H26ClN3O3. The predicted octanol–water partition coefficient (Wildman–Crippen LogP) is 3.09. The Morgan fingerprint density at radius 1 is 1.03 bits per heavy atom. The topological polar surface area (TPSA) is 60.2 Å². The van der Waals surface area contributed by atoms with E-state index in [-0.39, 0.29) is 11.9 Å². The average molecular weight is 440 g/mol. The third kappa shape index (κ3) is 4.34. The number of para-hydroxylation sites is 1. The van der Waals surface area contributed by atoms with E-state index in [9.17, 15) is 9.90 Å².